The van der Waals surface area contributed by atoms with E-state index < -0.39 is 5.60 Å². The number of amides is 1. The fraction of sp³-hybridized carbons (Fsp3) is 0.391. The van der Waals surface area contributed by atoms with Crippen molar-refractivity contribution < 1.29 is 14.3 Å². The summed E-state index contributed by atoms with van der Waals surface area (Å²) in [6, 6.07) is 9.99. The van der Waals surface area contributed by atoms with E-state index in [1.54, 1.807) is 38.1 Å². The third-order valence-electron chi connectivity index (χ3n) is 5.03. The first kappa shape index (κ1) is 22.6. The molecule has 2 N–H and O–H groups in total. The van der Waals surface area contributed by atoms with Gasteiger partial charge in [0.2, 0.25) is 0 Å². The van der Waals surface area contributed by atoms with E-state index in [1.807, 2.05) is 19.9 Å². The number of halogens is 1. The second-order valence-electron chi connectivity index (χ2n) is 8.59. The maximum atomic E-state index is 14.6. The van der Waals surface area contributed by atoms with Gasteiger partial charge in [0.05, 0.1) is 11.3 Å². The van der Waals surface area contributed by atoms with Gasteiger partial charge in [0.1, 0.15) is 12.1 Å². The van der Waals surface area contributed by atoms with Crippen LogP contribution >= 0.6 is 0 Å². The van der Waals surface area contributed by atoms with Crippen LogP contribution in [0.25, 0.3) is 16.8 Å². The van der Waals surface area contributed by atoms with E-state index in [0.29, 0.717) is 28.8 Å². The minimum absolute atomic E-state index is 0.0777. The highest BCUT2D eigenvalue weighted by molar-refractivity contribution is 5.96. The number of hydrogen-bond donors (Lipinski definition) is 2. The summed E-state index contributed by atoms with van der Waals surface area (Å²) in [6.45, 7) is 7.29. The lowest BCUT2D eigenvalue weighted by atomic mass is 9.98. The number of rotatable bonds is 8. The Labute approximate surface area is 181 Å². The lowest BCUT2D eigenvalue weighted by molar-refractivity contribution is 0.0674. The minimum Gasteiger partial charge on any atom is -0.390 e. The molecule has 0 saturated heterocycles. The van der Waals surface area contributed by atoms with E-state index in [-0.39, 0.29) is 17.8 Å². The highest BCUT2D eigenvalue weighted by Crippen LogP contribution is 2.27. The third-order valence-corrected chi connectivity index (χ3v) is 5.03. The maximum Gasteiger partial charge on any atom is 0.251 e. The summed E-state index contributed by atoms with van der Waals surface area (Å²) in [6.07, 6.45) is 3.60. The number of carbonyl (C=O) groups is 1. The lowest BCUT2D eigenvalue weighted by Gasteiger charge is -2.19. The van der Waals surface area contributed by atoms with Crippen LogP contribution in [0.3, 0.4) is 0 Å². The van der Waals surface area contributed by atoms with Crippen LogP contribution in [0.15, 0.2) is 42.7 Å². The van der Waals surface area contributed by atoms with Crippen LogP contribution in [0.2, 0.25) is 0 Å². The van der Waals surface area contributed by atoms with Crippen molar-refractivity contribution in [1.82, 2.24) is 25.5 Å². The zero-order valence-corrected chi connectivity index (χ0v) is 18.3. The van der Waals surface area contributed by atoms with Crippen molar-refractivity contribution in [3.8, 4) is 16.8 Å². The average molecular weight is 426 g/mol. The second-order valence-corrected chi connectivity index (χ2v) is 8.59. The Kier molecular flexibility index (Phi) is 6.80. The molecule has 1 heterocycles. The van der Waals surface area contributed by atoms with Crippen LogP contribution in [-0.2, 0) is 0 Å². The number of aryl methyl sites for hydroxylation is 1. The Hall–Kier alpha value is -3.13. The van der Waals surface area contributed by atoms with Crippen molar-refractivity contribution in [2.24, 2.45) is 0 Å². The van der Waals surface area contributed by atoms with E-state index in [4.69, 9.17) is 0 Å². The number of carbonyl (C=O) groups excluding carboxylic acids is 1. The van der Waals surface area contributed by atoms with Gasteiger partial charge in [0.15, 0.2) is 0 Å². The Morgan fingerprint density at radius 2 is 2.03 bits per heavy atom. The molecule has 164 valence electrons. The smallest absolute Gasteiger partial charge is 0.251 e. The standard InChI is InChI=1S/C23H28FN5O2/c1-15-7-8-20(21(24)10-15)17-11-18(13-19(12-17)29-14-25-27-28-29)22(30)26-16(2)6-5-9-23(3,4)31/h7-8,10-14,16,31H,5-6,9H2,1-4H3,(H,26,30). The van der Waals surface area contributed by atoms with E-state index in [9.17, 15) is 14.3 Å². The molecule has 8 heteroatoms. The number of nitrogens with zero attached hydrogens (tertiary/aromatic N) is 4. The Morgan fingerprint density at radius 3 is 2.68 bits per heavy atom. The van der Waals surface area contributed by atoms with Gasteiger partial charge in [-0.1, -0.05) is 12.1 Å². The molecule has 1 unspecified atom stereocenters. The molecule has 1 aromatic heterocycles. The molecule has 31 heavy (non-hydrogen) atoms. The van der Waals surface area contributed by atoms with Gasteiger partial charge < -0.3 is 10.4 Å². The summed E-state index contributed by atoms with van der Waals surface area (Å²) < 4.78 is 16.1. The molecule has 0 radical (unpaired) electrons. The number of hydrogen-bond acceptors (Lipinski definition) is 5. The van der Waals surface area contributed by atoms with Crippen molar-refractivity contribution >= 4 is 5.91 Å². The zero-order valence-electron chi connectivity index (χ0n) is 18.3. The zero-order chi connectivity index (χ0) is 22.6. The first-order chi connectivity index (χ1) is 14.6. The Bertz CT molecular complexity index is 1040. The van der Waals surface area contributed by atoms with Gasteiger partial charge in [0, 0.05) is 17.2 Å². The number of nitrogens with one attached hydrogen (secondary N) is 1. The third kappa shape index (κ3) is 6.18. The molecule has 0 aliphatic carbocycles. The first-order valence-corrected chi connectivity index (χ1v) is 10.3. The highest BCUT2D eigenvalue weighted by Gasteiger charge is 2.17. The molecule has 2 aromatic carbocycles. The van der Waals surface area contributed by atoms with E-state index in [0.717, 1.165) is 18.4 Å². The molecule has 0 bridgehead atoms. The van der Waals surface area contributed by atoms with E-state index >= 15 is 0 Å². The topological polar surface area (TPSA) is 92.9 Å². The van der Waals surface area contributed by atoms with E-state index in [1.165, 1.54) is 17.1 Å². The summed E-state index contributed by atoms with van der Waals surface area (Å²) in [7, 11) is 0. The molecule has 0 aliphatic rings. The molecule has 0 fully saturated rings. The first-order valence-electron chi connectivity index (χ1n) is 10.3. The molecule has 1 atom stereocenters. The van der Waals surface area contributed by atoms with Gasteiger partial charge in [-0.3, -0.25) is 4.79 Å². The number of aliphatic hydroxyl groups is 1. The largest absolute Gasteiger partial charge is 0.390 e. The van der Waals surface area contributed by atoms with Crippen LogP contribution in [0, 0.1) is 12.7 Å². The molecule has 0 saturated carbocycles. The molecule has 7 nitrogen and oxygen atoms in total. The van der Waals surface area contributed by atoms with Gasteiger partial charge in [0.25, 0.3) is 5.91 Å². The predicted octanol–water partition coefficient (Wildman–Crippen LogP) is 3.84. The average Bonchev–Trinajstić information content (AvgIpc) is 3.21. The fourth-order valence-electron chi connectivity index (χ4n) is 3.38. The van der Waals surface area contributed by atoms with Gasteiger partial charge >= 0.3 is 0 Å². The lowest BCUT2D eigenvalue weighted by Crippen LogP contribution is -2.33. The molecule has 3 rings (SSSR count). The van der Waals surface area contributed by atoms with Gasteiger partial charge in [-0.05, 0) is 92.8 Å². The molecular weight excluding hydrogens is 397 g/mol. The number of tetrazole rings is 1. The Balaban J connectivity index is 1.87. The monoisotopic (exact) mass is 425 g/mol. The Morgan fingerprint density at radius 1 is 1.26 bits per heavy atom. The summed E-state index contributed by atoms with van der Waals surface area (Å²) >= 11 is 0. The van der Waals surface area contributed by atoms with Crippen LogP contribution in [-0.4, -0.2) is 42.9 Å². The van der Waals surface area contributed by atoms with E-state index in [2.05, 4.69) is 20.8 Å². The SMILES string of the molecule is Cc1ccc(-c2cc(C(=O)NC(C)CCCC(C)(C)O)cc(-n3cnnn3)c2)c(F)c1. The maximum absolute atomic E-state index is 14.6. The van der Waals surface area contributed by atoms with Crippen molar-refractivity contribution in [3.05, 3.63) is 59.7 Å². The molecule has 3 aromatic rings. The summed E-state index contributed by atoms with van der Waals surface area (Å²) in [5, 5.41) is 24.0. The van der Waals surface area contributed by atoms with Gasteiger partial charge in [-0.15, -0.1) is 5.10 Å². The van der Waals surface area contributed by atoms with Crippen molar-refractivity contribution in [1.29, 1.82) is 0 Å². The number of benzene rings is 2. The van der Waals surface area contributed by atoms with Crippen LogP contribution in [0.4, 0.5) is 4.39 Å². The molecule has 1 amide bonds. The van der Waals surface area contributed by atoms with Crippen LogP contribution in [0.1, 0.15) is 56.0 Å². The summed E-state index contributed by atoms with van der Waals surface area (Å²) in [4.78, 5) is 12.9. The quantitative estimate of drug-likeness (QED) is 0.572. The normalized spacial score (nSPS) is 12.6. The predicted molar refractivity (Wildman–Crippen MR) is 116 cm³/mol. The van der Waals surface area contributed by atoms with Crippen LogP contribution in [0.5, 0.6) is 0 Å². The number of aromatic nitrogens is 4. The molecular formula is C23H28FN5O2. The van der Waals surface area contributed by atoms with Crippen molar-refractivity contribution in [2.45, 2.75) is 58.6 Å². The summed E-state index contributed by atoms with van der Waals surface area (Å²) in [5.41, 5.74) is 1.99. The summed E-state index contributed by atoms with van der Waals surface area (Å²) in [5.74, 6) is -0.625. The van der Waals surface area contributed by atoms with Gasteiger partial charge in [-0.2, -0.15) is 0 Å². The fourth-order valence-corrected chi connectivity index (χ4v) is 3.38. The van der Waals surface area contributed by atoms with Crippen molar-refractivity contribution in [2.75, 3.05) is 0 Å². The highest BCUT2D eigenvalue weighted by atomic mass is 19.1. The second kappa shape index (κ2) is 9.34. The minimum atomic E-state index is -0.725. The van der Waals surface area contributed by atoms with Crippen LogP contribution < -0.4 is 5.32 Å². The van der Waals surface area contributed by atoms with Gasteiger partial charge in [-0.25, -0.2) is 9.07 Å². The molecule has 0 aliphatic heterocycles. The molecule has 0 spiro atoms. The van der Waals surface area contributed by atoms with Crippen molar-refractivity contribution in [3.63, 3.8) is 0 Å².